The zero-order valence-electron chi connectivity index (χ0n) is 12.0. The molecule has 21 heavy (non-hydrogen) atoms. The lowest BCUT2D eigenvalue weighted by atomic mass is 10.3. The molecule has 0 saturated heterocycles. The van der Waals surface area contributed by atoms with Gasteiger partial charge in [0, 0.05) is 39.0 Å². The van der Waals surface area contributed by atoms with Crippen LogP contribution in [0.1, 0.15) is 11.5 Å². The van der Waals surface area contributed by atoms with Crippen LogP contribution in [-0.2, 0) is 24.8 Å². The number of H-pyrrole nitrogens is 1. The molecular weight excluding hydrogens is 270 g/mol. The van der Waals surface area contributed by atoms with Crippen molar-refractivity contribution in [2.24, 2.45) is 7.05 Å². The first kappa shape index (κ1) is 13.5. The van der Waals surface area contributed by atoms with Crippen LogP contribution in [-0.4, -0.2) is 43.4 Å². The van der Waals surface area contributed by atoms with Gasteiger partial charge in [0.25, 0.3) is 0 Å². The average Bonchev–Trinajstić information content (AvgIpc) is 3.10. The number of hydrogen-bond donors (Lipinski definition) is 2. The Morgan fingerprint density at radius 3 is 3.00 bits per heavy atom. The number of nitrogens with one attached hydrogen (secondary N) is 2. The fourth-order valence-electron chi connectivity index (χ4n) is 2.13. The van der Waals surface area contributed by atoms with Gasteiger partial charge in [-0.15, -0.1) is 0 Å². The second-order valence-corrected chi connectivity index (χ2v) is 4.68. The summed E-state index contributed by atoms with van der Waals surface area (Å²) in [6.45, 7) is 1.12. The second kappa shape index (κ2) is 5.88. The topological polar surface area (TPSA) is 93.5 Å². The van der Waals surface area contributed by atoms with Crippen LogP contribution < -0.4 is 5.32 Å². The summed E-state index contributed by atoms with van der Waals surface area (Å²) in [6.07, 6.45) is 6.10. The van der Waals surface area contributed by atoms with Crippen molar-refractivity contribution >= 4 is 16.9 Å². The van der Waals surface area contributed by atoms with Gasteiger partial charge in [0.2, 0.25) is 0 Å². The Morgan fingerprint density at radius 2 is 2.24 bits per heavy atom. The maximum absolute atomic E-state index is 5.12. The summed E-state index contributed by atoms with van der Waals surface area (Å²) >= 11 is 0. The molecule has 0 aliphatic rings. The number of aromatic amines is 1. The summed E-state index contributed by atoms with van der Waals surface area (Å²) in [5.41, 5.74) is 1.87. The van der Waals surface area contributed by atoms with Gasteiger partial charge in [-0.3, -0.25) is 4.68 Å². The summed E-state index contributed by atoms with van der Waals surface area (Å²) in [7, 11) is 3.49. The molecule has 3 heterocycles. The molecule has 0 aliphatic heterocycles. The highest BCUT2D eigenvalue weighted by Gasteiger charge is 2.11. The molecule has 0 atom stereocenters. The van der Waals surface area contributed by atoms with Crippen molar-refractivity contribution in [3.63, 3.8) is 0 Å². The Balaban J connectivity index is 1.82. The molecular formula is C13H17N7O. The zero-order chi connectivity index (χ0) is 14.7. The van der Waals surface area contributed by atoms with Crippen LogP contribution in [0.25, 0.3) is 11.0 Å². The van der Waals surface area contributed by atoms with Gasteiger partial charge >= 0.3 is 0 Å². The SMILES string of the molecule is COCc1nc(NCCc2cnc[nH]2)c2cnn(C)c2n1. The molecule has 0 aromatic carbocycles. The predicted molar refractivity (Wildman–Crippen MR) is 77.8 cm³/mol. The van der Waals surface area contributed by atoms with E-state index in [4.69, 9.17) is 4.74 Å². The molecule has 0 spiro atoms. The highest BCUT2D eigenvalue weighted by molar-refractivity contribution is 5.86. The van der Waals surface area contributed by atoms with Gasteiger partial charge in [0.15, 0.2) is 11.5 Å². The first-order chi connectivity index (χ1) is 10.3. The Labute approximate surface area is 121 Å². The van der Waals surface area contributed by atoms with Gasteiger partial charge in [-0.05, 0) is 0 Å². The number of methoxy groups -OCH3 is 1. The molecule has 8 heteroatoms. The highest BCUT2D eigenvalue weighted by Crippen LogP contribution is 2.19. The molecule has 3 rings (SSSR count). The van der Waals surface area contributed by atoms with Crippen LogP contribution in [0.4, 0.5) is 5.82 Å². The van der Waals surface area contributed by atoms with Crippen LogP contribution >= 0.6 is 0 Å². The minimum absolute atomic E-state index is 0.371. The molecule has 8 nitrogen and oxygen atoms in total. The molecule has 110 valence electrons. The predicted octanol–water partition coefficient (Wildman–Crippen LogP) is 0.887. The number of imidazole rings is 1. The van der Waals surface area contributed by atoms with Gasteiger partial charge in [0.05, 0.1) is 17.9 Å². The minimum atomic E-state index is 0.371. The normalized spacial score (nSPS) is 11.1. The molecule has 0 fully saturated rings. The first-order valence-electron chi connectivity index (χ1n) is 6.66. The van der Waals surface area contributed by atoms with Crippen LogP contribution in [0.2, 0.25) is 0 Å². The number of ether oxygens (including phenoxy) is 1. The molecule has 2 N–H and O–H groups in total. The number of rotatable bonds is 6. The number of fused-ring (bicyclic) bond motifs is 1. The number of hydrogen-bond acceptors (Lipinski definition) is 6. The lowest BCUT2D eigenvalue weighted by Gasteiger charge is -2.08. The number of aryl methyl sites for hydroxylation is 1. The van der Waals surface area contributed by atoms with Crippen LogP contribution in [0.3, 0.4) is 0 Å². The quantitative estimate of drug-likeness (QED) is 0.699. The lowest BCUT2D eigenvalue weighted by molar-refractivity contribution is 0.178. The van der Waals surface area contributed by atoms with E-state index in [1.54, 1.807) is 24.3 Å². The third-order valence-electron chi connectivity index (χ3n) is 3.15. The first-order valence-corrected chi connectivity index (χ1v) is 6.66. The van der Waals surface area contributed by atoms with Gasteiger partial charge < -0.3 is 15.0 Å². The fraction of sp³-hybridized carbons (Fsp3) is 0.385. The monoisotopic (exact) mass is 287 g/mol. The maximum atomic E-state index is 5.12. The molecule has 0 bridgehead atoms. The molecule has 0 radical (unpaired) electrons. The summed E-state index contributed by atoms with van der Waals surface area (Å²) in [4.78, 5) is 16.0. The van der Waals surface area contributed by atoms with E-state index in [1.165, 1.54) is 0 Å². The third-order valence-corrected chi connectivity index (χ3v) is 3.15. The van der Waals surface area contributed by atoms with Crippen molar-refractivity contribution in [2.45, 2.75) is 13.0 Å². The summed E-state index contributed by atoms with van der Waals surface area (Å²) in [5.74, 6) is 1.41. The molecule has 0 aliphatic carbocycles. The van der Waals surface area contributed by atoms with Crippen LogP contribution in [0, 0.1) is 0 Å². The van der Waals surface area contributed by atoms with E-state index in [9.17, 15) is 0 Å². The van der Waals surface area contributed by atoms with E-state index in [1.807, 2.05) is 13.2 Å². The van der Waals surface area contributed by atoms with E-state index < -0.39 is 0 Å². The lowest BCUT2D eigenvalue weighted by Crippen LogP contribution is -2.09. The van der Waals surface area contributed by atoms with E-state index in [-0.39, 0.29) is 0 Å². The molecule has 0 saturated carbocycles. The maximum Gasteiger partial charge on any atom is 0.163 e. The second-order valence-electron chi connectivity index (χ2n) is 4.68. The van der Waals surface area contributed by atoms with Crippen molar-refractivity contribution < 1.29 is 4.74 Å². The van der Waals surface area contributed by atoms with E-state index >= 15 is 0 Å². The number of anilines is 1. The van der Waals surface area contributed by atoms with Crippen molar-refractivity contribution in [3.8, 4) is 0 Å². The highest BCUT2D eigenvalue weighted by atomic mass is 16.5. The van der Waals surface area contributed by atoms with Crippen molar-refractivity contribution in [1.82, 2.24) is 29.7 Å². The minimum Gasteiger partial charge on any atom is -0.377 e. The standard InChI is InChI=1S/C13H17N7O/c1-20-13-10(6-17-20)12(18-11(19-13)7-21-2)15-4-3-9-5-14-8-16-9/h5-6,8H,3-4,7H2,1-2H3,(H,14,16)(H,15,18,19). The van der Waals surface area contributed by atoms with Gasteiger partial charge in [-0.25, -0.2) is 15.0 Å². The van der Waals surface area contributed by atoms with Crippen LogP contribution in [0.5, 0.6) is 0 Å². The van der Waals surface area contributed by atoms with Crippen molar-refractivity contribution in [2.75, 3.05) is 19.0 Å². The molecule has 3 aromatic rings. The smallest absolute Gasteiger partial charge is 0.163 e. The van der Waals surface area contributed by atoms with Crippen molar-refractivity contribution in [3.05, 3.63) is 30.2 Å². The summed E-state index contributed by atoms with van der Waals surface area (Å²) < 4.78 is 6.85. The fourth-order valence-corrected chi connectivity index (χ4v) is 2.13. The summed E-state index contributed by atoms with van der Waals surface area (Å²) in [6, 6.07) is 0. The van der Waals surface area contributed by atoms with Gasteiger partial charge in [0.1, 0.15) is 12.4 Å². The number of aromatic nitrogens is 6. The van der Waals surface area contributed by atoms with E-state index in [2.05, 4.69) is 30.4 Å². The summed E-state index contributed by atoms with van der Waals surface area (Å²) in [5, 5.41) is 8.47. The Hall–Kier alpha value is -2.48. The molecule has 3 aromatic heterocycles. The number of nitrogens with zero attached hydrogens (tertiary/aromatic N) is 5. The zero-order valence-corrected chi connectivity index (χ0v) is 12.0. The average molecular weight is 287 g/mol. The molecule has 0 amide bonds. The molecule has 0 unspecified atom stereocenters. The van der Waals surface area contributed by atoms with Gasteiger partial charge in [-0.2, -0.15) is 5.10 Å². The Kier molecular flexibility index (Phi) is 3.78. The Morgan fingerprint density at radius 1 is 1.33 bits per heavy atom. The van der Waals surface area contributed by atoms with Crippen LogP contribution in [0.15, 0.2) is 18.7 Å². The third kappa shape index (κ3) is 2.84. The Bertz CT molecular complexity index is 720. The van der Waals surface area contributed by atoms with Gasteiger partial charge in [-0.1, -0.05) is 0 Å². The van der Waals surface area contributed by atoms with E-state index in [0.717, 1.165) is 35.5 Å². The van der Waals surface area contributed by atoms with E-state index in [0.29, 0.717) is 12.4 Å². The van der Waals surface area contributed by atoms with Crippen molar-refractivity contribution in [1.29, 1.82) is 0 Å². The largest absolute Gasteiger partial charge is 0.377 e.